The van der Waals surface area contributed by atoms with Crippen LogP contribution < -0.4 is 9.80 Å². The average Bonchev–Trinajstić information content (AvgIpc) is 3.68. The van der Waals surface area contributed by atoms with Crippen molar-refractivity contribution in [3.05, 3.63) is 288 Å². The third-order valence-corrected chi connectivity index (χ3v) is 14.1. The predicted molar refractivity (Wildman–Crippen MR) is 276 cm³/mol. The molecule has 0 unspecified atom stereocenters. The number of fused-ring (bicyclic) bond motifs is 9. The van der Waals surface area contributed by atoms with E-state index in [1.807, 2.05) is 0 Å². The zero-order valence-corrected chi connectivity index (χ0v) is 37.1. The lowest BCUT2D eigenvalue weighted by Gasteiger charge is -2.47. The zero-order valence-electron chi connectivity index (χ0n) is 37.1. The zero-order chi connectivity index (χ0) is 44.2. The summed E-state index contributed by atoms with van der Waals surface area (Å²) in [6.45, 7) is 4.87. The molecule has 0 heterocycles. The summed E-state index contributed by atoms with van der Waals surface area (Å²) in [4.78, 5) is 4.84. The highest BCUT2D eigenvalue weighted by Gasteiger charge is 2.53. The van der Waals surface area contributed by atoms with Crippen molar-refractivity contribution < 1.29 is 0 Å². The standard InChI is InChI=1S/C64H48N2/c1-63(2)61-43-53(65(49-25-11-5-12-26-49)51-36-34-47(35-37-51)45-20-7-3-8-21-45)38-40-59(61)64(57-32-17-15-30-55(57)56-31-16-18-33-58(56)64)60-41-39-54(44-62(60)63)66(50-27-13-6-14-28-50)52-29-19-24-48(42-52)46-22-9-4-10-23-46/h3-44H,1-2H3. The molecule has 314 valence electrons. The fraction of sp³-hybridized carbons (Fsp3) is 0.0625. The Morgan fingerprint density at radius 1 is 0.242 bits per heavy atom. The molecular weight excluding hydrogens is 797 g/mol. The Balaban J connectivity index is 1.09. The SMILES string of the molecule is CC1(C)c2cc(N(c3ccccc3)c3ccc(-c4ccccc4)cc3)ccc2C2(c3ccccc3-c3ccccc32)c2ccc(N(c3ccccc3)c3cccc(-c4ccccc4)c3)cc21. The number of benzene rings is 10. The van der Waals surface area contributed by atoms with Gasteiger partial charge >= 0.3 is 0 Å². The fourth-order valence-electron chi connectivity index (χ4n) is 11.1. The van der Waals surface area contributed by atoms with Crippen molar-refractivity contribution in [1.29, 1.82) is 0 Å². The second kappa shape index (κ2) is 15.8. The molecule has 66 heavy (non-hydrogen) atoms. The Morgan fingerprint density at radius 2 is 0.591 bits per heavy atom. The van der Waals surface area contributed by atoms with Gasteiger partial charge in [0.1, 0.15) is 0 Å². The predicted octanol–water partition coefficient (Wildman–Crippen LogP) is 17.0. The quantitative estimate of drug-likeness (QED) is 0.150. The van der Waals surface area contributed by atoms with Crippen molar-refractivity contribution in [2.24, 2.45) is 0 Å². The van der Waals surface area contributed by atoms with Gasteiger partial charge in [0.25, 0.3) is 0 Å². The van der Waals surface area contributed by atoms with Gasteiger partial charge < -0.3 is 9.80 Å². The Morgan fingerprint density at radius 3 is 1.11 bits per heavy atom. The van der Waals surface area contributed by atoms with Crippen molar-refractivity contribution >= 4 is 34.1 Å². The van der Waals surface area contributed by atoms with Gasteiger partial charge in [0, 0.05) is 39.5 Å². The molecule has 0 atom stereocenters. The molecule has 0 saturated carbocycles. The Bertz CT molecular complexity index is 3330. The van der Waals surface area contributed by atoms with Crippen LogP contribution in [0.15, 0.2) is 255 Å². The fourth-order valence-corrected chi connectivity index (χ4v) is 11.1. The molecule has 0 aliphatic heterocycles. The molecule has 2 nitrogen and oxygen atoms in total. The third-order valence-electron chi connectivity index (χ3n) is 14.1. The van der Waals surface area contributed by atoms with E-state index in [0.717, 1.165) is 34.1 Å². The number of nitrogens with zero attached hydrogens (tertiary/aromatic N) is 2. The van der Waals surface area contributed by atoms with Crippen molar-refractivity contribution in [3.63, 3.8) is 0 Å². The van der Waals surface area contributed by atoms with Crippen LogP contribution in [0.25, 0.3) is 33.4 Å². The molecule has 10 aromatic carbocycles. The van der Waals surface area contributed by atoms with Crippen LogP contribution in [0.3, 0.4) is 0 Å². The number of rotatable bonds is 8. The first-order valence-electron chi connectivity index (χ1n) is 23.0. The van der Waals surface area contributed by atoms with E-state index in [-0.39, 0.29) is 0 Å². The van der Waals surface area contributed by atoms with E-state index in [2.05, 4.69) is 278 Å². The maximum Gasteiger partial charge on any atom is 0.0719 e. The van der Waals surface area contributed by atoms with Gasteiger partial charge in [-0.3, -0.25) is 0 Å². The molecule has 0 amide bonds. The van der Waals surface area contributed by atoms with E-state index in [0.29, 0.717) is 0 Å². The number of hydrogen-bond donors (Lipinski definition) is 0. The monoisotopic (exact) mass is 844 g/mol. The van der Waals surface area contributed by atoms with Crippen LogP contribution in [0.5, 0.6) is 0 Å². The number of anilines is 6. The van der Waals surface area contributed by atoms with E-state index in [1.165, 1.54) is 66.8 Å². The molecule has 2 aliphatic carbocycles. The van der Waals surface area contributed by atoms with Gasteiger partial charge in [-0.25, -0.2) is 0 Å². The number of para-hydroxylation sites is 2. The molecule has 0 saturated heterocycles. The Labute approximate surface area is 388 Å². The second-order valence-corrected chi connectivity index (χ2v) is 18.1. The van der Waals surface area contributed by atoms with Crippen molar-refractivity contribution in [3.8, 4) is 33.4 Å². The van der Waals surface area contributed by atoms with E-state index >= 15 is 0 Å². The molecule has 2 heteroatoms. The minimum Gasteiger partial charge on any atom is -0.310 e. The summed E-state index contributed by atoms with van der Waals surface area (Å²) >= 11 is 0. The molecule has 0 aromatic heterocycles. The van der Waals surface area contributed by atoms with Gasteiger partial charge in [-0.1, -0.05) is 196 Å². The van der Waals surface area contributed by atoms with Gasteiger partial charge in [0.05, 0.1) is 5.41 Å². The van der Waals surface area contributed by atoms with E-state index in [4.69, 9.17) is 0 Å². The summed E-state index contributed by atoms with van der Waals surface area (Å²) in [6.07, 6.45) is 0. The van der Waals surface area contributed by atoms with Crippen LogP contribution in [-0.4, -0.2) is 0 Å². The van der Waals surface area contributed by atoms with Crippen LogP contribution in [0.4, 0.5) is 34.1 Å². The van der Waals surface area contributed by atoms with Gasteiger partial charge in [-0.05, 0) is 140 Å². The summed E-state index contributed by atoms with van der Waals surface area (Å²) in [7, 11) is 0. The van der Waals surface area contributed by atoms with Gasteiger partial charge in [0.2, 0.25) is 0 Å². The maximum absolute atomic E-state index is 2.50. The first kappa shape index (κ1) is 39.4. The molecule has 0 N–H and O–H groups in total. The van der Waals surface area contributed by atoms with Crippen LogP contribution in [0, 0.1) is 0 Å². The minimum absolute atomic E-state index is 0.401. The molecular formula is C64H48N2. The highest BCUT2D eigenvalue weighted by atomic mass is 15.1. The van der Waals surface area contributed by atoms with Crippen LogP contribution in [0.2, 0.25) is 0 Å². The molecule has 10 aromatic rings. The highest BCUT2D eigenvalue weighted by Crippen LogP contribution is 2.63. The third kappa shape index (κ3) is 6.25. The molecule has 0 bridgehead atoms. The van der Waals surface area contributed by atoms with Gasteiger partial charge in [-0.2, -0.15) is 0 Å². The molecule has 0 radical (unpaired) electrons. The maximum atomic E-state index is 2.50. The largest absolute Gasteiger partial charge is 0.310 e. The second-order valence-electron chi connectivity index (χ2n) is 18.1. The number of hydrogen-bond acceptors (Lipinski definition) is 2. The van der Waals surface area contributed by atoms with Crippen molar-refractivity contribution in [2.45, 2.75) is 24.7 Å². The summed E-state index contributed by atoms with van der Waals surface area (Å²) in [5, 5.41) is 0. The van der Waals surface area contributed by atoms with Crippen LogP contribution >= 0.6 is 0 Å². The topological polar surface area (TPSA) is 6.48 Å². The van der Waals surface area contributed by atoms with Crippen LogP contribution in [-0.2, 0) is 10.8 Å². The lowest BCUT2D eigenvalue weighted by atomic mass is 9.55. The van der Waals surface area contributed by atoms with Gasteiger partial charge in [0.15, 0.2) is 0 Å². The summed E-state index contributed by atoms with van der Waals surface area (Å²) in [6, 6.07) is 93.7. The van der Waals surface area contributed by atoms with Crippen molar-refractivity contribution in [2.75, 3.05) is 9.80 Å². The molecule has 1 spiro atoms. The normalized spacial score (nSPS) is 13.5. The smallest absolute Gasteiger partial charge is 0.0719 e. The Hall–Kier alpha value is -8.20. The minimum atomic E-state index is -0.538. The first-order chi connectivity index (χ1) is 32.5. The Kier molecular flexibility index (Phi) is 9.43. The van der Waals surface area contributed by atoms with E-state index in [9.17, 15) is 0 Å². The summed E-state index contributed by atoms with van der Waals surface area (Å²) in [5.41, 5.74) is 21.1. The molecule has 12 rings (SSSR count). The van der Waals surface area contributed by atoms with E-state index < -0.39 is 10.8 Å². The average molecular weight is 845 g/mol. The van der Waals surface area contributed by atoms with Crippen LogP contribution in [0.1, 0.15) is 47.2 Å². The summed E-state index contributed by atoms with van der Waals surface area (Å²) < 4.78 is 0. The molecule has 0 fully saturated rings. The lowest BCUT2D eigenvalue weighted by molar-refractivity contribution is 0.563. The first-order valence-corrected chi connectivity index (χ1v) is 23.0. The van der Waals surface area contributed by atoms with E-state index in [1.54, 1.807) is 0 Å². The summed E-state index contributed by atoms with van der Waals surface area (Å²) in [5.74, 6) is 0. The molecule has 2 aliphatic rings. The lowest BCUT2D eigenvalue weighted by Crippen LogP contribution is -2.41. The van der Waals surface area contributed by atoms with Crippen molar-refractivity contribution in [1.82, 2.24) is 0 Å². The van der Waals surface area contributed by atoms with Gasteiger partial charge in [-0.15, -0.1) is 0 Å². The highest BCUT2D eigenvalue weighted by molar-refractivity contribution is 5.91.